The maximum Gasteiger partial charge on any atom is 0.338 e. The Kier molecular flexibility index (Phi) is 11.9. The monoisotopic (exact) mass is 690 g/mol. The van der Waals surface area contributed by atoms with E-state index in [2.05, 4.69) is 49.7 Å². The SMILES string of the molecule is C#CCOc1c(I)cc(/C=N\NC(=O)COc2ccc([C@@H]3NC(=O)NC(C)=C3C(=O)OCC)cc2OC)cc1OCC. The Morgan fingerprint density at radius 1 is 1.12 bits per heavy atom. The molecule has 0 aromatic heterocycles. The van der Waals surface area contributed by atoms with Gasteiger partial charge in [0.2, 0.25) is 0 Å². The maximum absolute atomic E-state index is 12.6. The van der Waals surface area contributed by atoms with E-state index >= 15 is 0 Å². The Balaban J connectivity index is 1.68. The van der Waals surface area contributed by atoms with Gasteiger partial charge in [-0.2, -0.15) is 5.10 Å². The first-order valence-electron chi connectivity index (χ1n) is 12.8. The van der Waals surface area contributed by atoms with E-state index in [1.54, 1.807) is 38.1 Å². The summed E-state index contributed by atoms with van der Waals surface area (Å²) in [4.78, 5) is 37.1. The van der Waals surface area contributed by atoms with Crippen LogP contribution in [0.2, 0.25) is 0 Å². The second kappa shape index (κ2) is 15.5. The molecule has 1 heterocycles. The van der Waals surface area contributed by atoms with Crippen LogP contribution in [-0.2, 0) is 14.3 Å². The molecule has 2 aromatic carbocycles. The van der Waals surface area contributed by atoms with Crippen molar-refractivity contribution in [1.29, 1.82) is 0 Å². The Labute approximate surface area is 257 Å². The molecule has 0 saturated carbocycles. The number of benzene rings is 2. The lowest BCUT2D eigenvalue weighted by molar-refractivity contribution is -0.139. The molecule has 0 spiro atoms. The highest BCUT2D eigenvalue weighted by Crippen LogP contribution is 2.35. The number of hydrogen-bond acceptors (Lipinski definition) is 9. The van der Waals surface area contributed by atoms with Crippen molar-refractivity contribution in [2.45, 2.75) is 26.8 Å². The summed E-state index contributed by atoms with van der Waals surface area (Å²) in [6.45, 7) is 5.53. The molecule has 0 bridgehead atoms. The second-order valence-corrected chi connectivity index (χ2v) is 9.70. The Bertz CT molecular complexity index is 1430. The van der Waals surface area contributed by atoms with Gasteiger partial charge in [-0.05, 0) is 78.8 Å². The first-order chi connectivity index (χ1) is 20.2. The number of hydrazone groups is 1. The summed E-state index contributed by atoms with van der Waals surface area (Å²) < 4.78 is 28.3. The number of ether oxygens (including phenoxy) is 5. The van der Waals surface area contributed by atoms with Gasteiger partial charge in [-0.1, -0.05) is 12.0 Å². The summed E-state index contributed by atoms with van der Waals surface area (Å²) >= 11 is 2.11. The lowest BCUT2D eigenvalue weighted by atomic mass is 9.95. The molecule has 0 radical (unpaired) electrons. The van der Waals surface area contributed by atoms with Crippen molar-refractivity contribution in [3.8, 4) is 35.3 Å². The molecule has 0 fully saturated rings. The number of methoxy groups -OCH3 is 1. The van der Waals surface area contributed by atoms with Crippen molar-refractivity contribution >= 4 is 46.7 Å². The highest BCUT2D eigenvalue weighted by Gasteiger charge is 2.32. The topological polar surface area (TPSA) is 146 Å². The molecule has 13 heteroatoms. The number of urea groups is 1. The van der Waals surface area contributed by atoms with Gasteiger partial charge in [0.15, 0.2) is 29.6 Å². The molecule has 222 valence electrons. The molecule has 3 amide bonds. The van der Waals surface area contributed by atoms with Crippen LogP contribution in [0.3, 0.4) is 0 Å². The Hall–Kier alpha value is -4.45. The van der Waals surface area contributed by atoms with Gasteiger partial charge in [0, 0.05) is 5.70 Å². The van der Waals surface area contributed by atoms with Crippen molar-refractivity contribution in [2.24, 2.45) is 5.10 Å². The summed E-state index contributed by atoms with van der Waals surface area (Å²) in [5, 5.41) is 9.31. The molecule has 1 aliphatic rings. The van der Waals surface area contributed by atoms with Crippen LogP contribution in [0.1, 0.15) is 37.9 Å². The summed E-state index contributed by atoms with van der Waals surface area (Å²) in [7, 11) is 1.44. The van der Waals surface area contributed by atoms with E-state index < -0.39 is 23.9 Å². The van der Waals surface area contributed by atoms with Crippen LogP contribution < -0.4 is 35.0 Å². The zero-order valence-corrected chi connectivity index (χ0v) is 25.7. The third-order valence-corrected chi connectivity index (χ3v) is 6.48. The summed E-state index contributed by atoms with van der Waals surface area (Å²) in [5.41, 5.74) is 4.29. The molecule has 0 aliphatic carbocycles. The first kappa shape index (κ1) is 32.1. The number of amides is 3. The van der Waals surface area contributed by atoms with E-state index in [4.69, 9.17) is 30.1 Å². The third-order valence-electron chi connectivity index (χ3n) is 5.68. The quantitative estimate of drug-likeness (QED) is 0.0954. The first-order valence-corrected chi connectivity index (χ1v) is 13.9. The van der Waals surface area contributed by atoms with Crippen molar-refractivity contribution in [2.75, 3.05) is 33.5 Å². The van der Waals surface area contributed by atoms with Crippen molar-refractivity contribution in [3.05, 3.63) is 56.3 Å². The number of nitrogens with one attached hydrogen (secondary N) is 3. The van der Waals surface area contributed by atoms with Gasteiger partial charge in [-0.3, -0.25) is 4.79 Å². The Morgan fingerprint density at radius 3 is 2.60 bits per heavy atom. The van der Waals surface area contributed by atoms with Crippen molar-refractivity contribution < 1.29 is 38.1 Å². The summed E-state index contributed by atoms with van der Waals surface area (Å²) in [6.07, 6.45) is 6.76. The lowest BCUT2D eigenvalue weighted by Crippen LogP contribution is -2.45. The fraction of sp³-hybridized carbons (Fsp3) is 0.310. The minimum Gasteiger partial charge on any atom is -0.493 e. The molecule has 1 atom stereocenters. The van der Waals surface area contributed by atoms with Crippen LogP contribution in [0, 0.1) is 15.9 Å². The number of hydrogen-bond donors (Lipinski definition) is 3. The van der Waals surface area contributed by atoms with Gasteiger partial charge in [0.1, 0.15) is 6.61 Å². The van der Waals surface area contributed by atoms with Crippen molar-refractivity contribution in [1.82, 2.24) is 16.1 Å². The molecule has 12 nitrogen and oxygen atoms in total. The smallest absolute Gasteiger partial charge is 0.338 e. The molecular formula is C29H31IN4O8. The van der Waals surface area contributed by atoms with E-state index in [-0.39, 0.29) is 31.1 Å². The fourth-order valence-electron chi connectivity index (χ4n) is 3.94. The number of terminal acetylenes is 1. The molecule has 1 aliphatic heterocycles. The third kappa shape index (κ3) is 8.29. The van der Waals surface area contributed by atoms with Gasteiger partial charge in [0.25, 0.3) is 5.91 Å². The molecule has 42 heavy (non-hydrogen) atoms. The molecule has 2 aromatic rings. The number of nitrogens with zero attached hydrogens (tertiary/aromatic N) is 1. The standard InChI is InChI=1S/C29H31IN4O8/c1-6-11-41-27-20(30)12-18(13-23(27)39-7-2)15-31-34-24(35)16-42-21-10-9-19(14-22(21)38-5)26-25(28(36)40-8-3)17(4)32-29(37)33-26/h1,9-10,12-15,26H,7-8,11,16H2,2-5H3,(H,34,35)(H2,32,33,37)/b31-15-/t26-/m0/s1. The molecular weight excluding hydrogens is 659 g/mol. The molecule has 0 unspecified atom stereocenters. The molecule has 3 N–H and O–H groups in total. The minimum absolute atomic E-state index is 0.104. The number of halogens is 1. The van der Waals surface area contributed by atoms with Crippen LogP contribution >= 0.6 is 22.6 Å². The largest absolute Gasteiger partial charge is 0.493 e. The van der Waals surface area contributed by atoms with E-state index in [0.717, 1.165) is 3.57 Å². The number of rotatable bonds is 13. The summed E-state index contributed by atoms with van der Waals surface area (Å²) in [5.74, 6) is 2.97. The van der Waals surface area contributed by atoms with E-state index in [9.17, 15) is 14.4 Å². The van der Waals surface area contributed by atoms with E-state index in [1.807, 2.05) is 13.0 Å². The lowest BCUT2D eigenvalue weighted by Gasteiger charge is -2.28. The number of carbonyl (C=O) groups is 3. The maximum atomic E-state index is 12.6. The second-order valence-electron chi connectivity index (χ2n) is 8.54. The van der Waals surface area contributed by atoms with Crippen LogP contribution in [0.5, 0.6) is 23.0 Å². The normalized spacial score (nSPS) is 14.4. The molecule has 3 rings (SSSR count). The highest BCUT2D eigenvalue weighted by atomic mass is 127. The molecule has 0 saturated heterocycles. The van der Waals surface area contributed by atoms with E-state index in [1.165, 1.54) is 13.3 Å². The van der Waals surface area contributed by atoms with Crippen LogP contribution in [-0.4, -0.2) is 57.7 Å². The zero-order valence-electron chi connectivity index (χ0n) is 23.5. The van der Waals surface area contributed by atoms with Gasteiger partial charge in [-0.25, -0.2) is 15.0 Å². The van der Waals surface area contributed by atoms with Gasteiger partial charge in [-0.15, -0.1) is 6.42 Å². The highest BCUT2D eigenvalue weighted by molar-refractivity contribution is 14.1. The van der Waals surface area contributed by atoms with Crippen LogP contribution in [0.15, 0.2) is 46.7 Å². The summed E-state index contributed by atoms with van der Waals surface area (Å²) in [6, 6.07) is 7.15. The average molecular weight is 690 g/mol. The predicted octanol–water partition coefficient (Wildman–Crippen LogP) is 3.43. The number of esters is 1. The van der Waals surface area contributed by atoms with Gasteiger partial charge >= 0.3 is 12.0 Å². The minimum atomic E-state index is -0.775. The Morgan fingerprint density at radius 2 is 1.90 bits per heavy atom. The van der Waals surface area contributed by atoms with Crippen molar-refractivity contribution in [3.63, 3.8) is 0 Å². The predicted molar refractivity (Wildman–Crippen MR) is 163 cm³/mol. The van der Waals surface area contributed by atoms with Gasteiger partial charge in [0.05, 0.1) is 41.7 Å². The van der Waals surface area contributed by atoms with Gasteiger partial charge < -0.3 is 34.3 Å². The fourth-order valence-corrected chi connectivity index (χ4v) is 4.72. The number of carbonyl (C=O) groups excluding carboxylic acids is 3. The van der Waals surface area contributed by atoms with Crippen LogP contribution in [0.4, 0.5) is 4.79 Å². The zero-order chi connectivity index (χ0) is 30.6. The number of allylic oxidation sites excluding steroid dienone is 1. The average Bonchev–Trinajstić information content (AvgIpc) is 2.95. The van der Waals surface area contributed by atoms with E-state index in [0.29, 0.717) is 40.7 Å². The van der Waals surface area contributed by atoms with Crippen LogP contribution in [0.25, 0.3) is 0 Å².